The van der Waals surface area contributed by atoms with Gasteiger partial charge < -0.3 is 15.2 Å². The molecule has 7 nitrogen and oxygen atoms in total. The highest BCUT2D eigenvalue weighted by atomic mass is 35.5. The molecule has 1 saturated heterocycles. The summed E-state index contributed by atoms with van der Waals surface area (Å²) in [7, 11) is 1.55. The third kappa shape index (κ3) is 7.00. The molecule has 1 aromatic carbocycles. The van der Waals surface area contributed by atoms with E-state index >= 15 is 0 Å². The molecule has 0 radical (unpaired) electrons. The van der Waals surface area contributed by atoms with Gasteiger partial charge in [-0.15, -0.1) is 0 Å². The van der Waals surface area contributed by atoms with Crippen LogP contribution in [0.2, 0.25) is 5.02 Å². The summed E-state index contributed by atoms with van der Waals surface area (Å²) in [6.07, 6.45) is 7.91. The molecule has 3 aromatic rings. The number of piperidine rings is 1. The van der Waals surface area contributed by atoms with Crippen LogP contribution in [0.25, 0.3) is 17.1 Å². The van der Waals surface area contributed by atoms with Crippen molar-refractivity contribution in [3.8, 4) is 5.88 Å². The van der Waals surface area contributed by atoms with Gasteiger partial charge in [0, 0.05) is 48.6 Å². The average Bonchev–Trinajstić information content (AvgIpc) is 2.88. The van der Waals surface area contributed by atoms with E-state index in [1.807, 2.05) is 11.0 Å². The zero-order valence-electron chi connectivity index (χ0n) is 20.5. The van der Waals surface area contributed by atoms with Crippen molar-refractivity contribution in [1.82, 2.24) is 20.2 Å². The molecule has 0 bridgehead atoms. The Bertz CT molecular complexity index is 1290. The van der Waals surface area contributed by atoms with Crippen molar-refractivity contribution >= 4 is 34.7 Å². The highest BCUT2D eigenvalue weighted by molar-refractivity contribution is 6.32. The average molecular weight is 531 g/mol. The van der Waals surface area contributed by atoms with Crippen LogP contribution in [-0.4, -0.2) is 64.8 Å². The molecule has 0 unspecified atom stereocenters. The van der Waals surface area contributed by atoms with E-state index in [4.69, 9.17) is 16.3 Å². The summed E-state index contributed by atoms with van der Waals surface area (Å²) in [4.78, 5) is 22.4. The lowest BCUT2D eigenvalue weighted by atomic mass is 9.93. The van der Waals surface area contributed by atoms with Gasteiger partial charge in [0.05, 0.1) is 29.7 Å². The Balaban J connectivity index is 1.38. The van der Waals surface area contributed by atoms with Crippen LogP contribution >= 0.6 is 11.6 Å². The number of methoxy groups -OCH3 is 1. The minimum atomic E-state index is -0.883. The second kappa shape index (κ2) is 12.4. The van der Waals surface area contributed by atoms with Crippen molar-refractivity contribution < 1.29 is 23.4 Å². The Morgan fingerprint density at radius 1 is 1.30 bits per heavy atom. The molecule has 10 heteroatoms. The molecule has 3 heterocycles. The van der Waals surface area contributed by atoms with Gasteiger partial charge in [-0.25, -0.2) is 13.8 Å². The summed E-state index contributed by atoms with van der Waals surface area (Å²) in [6.45, 7) is 0.957. The molecular formula is C27H29ClF2N4O3. The Labute approximate surface area is 219 Å². The largest absolute Gasteiger partial charge is 0.481 e. The van der Waals surface area contributed by atoms with Gasteiger partial charge in [-0.2, -0.15) is 0 Å². The number of likely N-dealkylation sites (tertiary alicyclic amines) is 1. The van der Waals surface area contributed by atoms with Crippen LogP contribution in [0, 0.1) is 11.6 Å². The van der Waals surface area contributed by atoms with Crippen molar-refractivity contribution in [3.63, 3.8) is 0 Å². The minimum Gasteiger partial charge on any atom is -0.481 e. The van der Waals surface area contributed by atoms with Crippen molar-refractivity contribution in [1.29, 1.82) is 0 Å². The van der Waals surface area contributed by atoms with Crippen molar-refractivity contribution in [2.75, 3.05) is 26.7 Å². The molecular weight excluding hydrogens is 502 g/mol. The topological polar surface area (TPSA) is 87.6 Å². The molecule has 2 atom stereocenters. The number of carbonyl (C=O) groups is 1. The Morgan fingerprint density at radius 2 is 2.14 bits per heavy atom. The van der Waals surface area contributed by atoms with E-state index in [-0.39, 0.29) is 24.2 Å². The summed E-state index contributed by atoms with van der Waals surface area (Å²) in [5.74, 6) is -1.38. The van der Waals surface area contributed by atoms with Gasteiger partial charge >= 0.3 is 5.97 Å². The number of carboxylic acid groups (broad SMARTS) is 1. The van der Waals surface area contributed by atoms with Gasteiger partial charge in [-0.05, 0) is 49.9 Å². The maximum Gasteiger partial charge on any atom is 0.317 e. The molecule has 2 aromatic heterocycles. The van der Waals surface area contributed by atoms with Crippen LogP contribution in [-0.2, 0) is 11.2 Å². The van der Waals surface area contributed by atoms with Gasteiger partial charge in [-0.1, -0.05) is 23.8 Å². The number of hydrogen-bond donors (Lipinski definition) is 2. The SMILES string of the molecule is COc1ccc2ncc(Cl)c(CC[C@H]3CC[C@H](NC/C=C/c4cc(F)ccc4F)CN3CC(=O)O)c2n1. The van der Waals surface area contributed by atoms with E-state index in [0.29, 0.717) is 35.9 Å². The highest BCUT2D eigenvalue weighted by Gasteiger charge is 2.29. The fraction of sp³-hybridized carbons (Fsp3) is 0.370. The van der Waals surface area contributed by atoms with Gasteiger partial charge in [0.1, 0.15) is 11.6 Å². The van der Waals surface area contributed by atoms with Crippen LogP contribution in [0.3, 0.4) is 0 Å². The standard InChI is InChI=1S/C27H29ClF2N4O3/c1-37-25-11-10-24-27(33-25)21(22(28)14-32-24)8-7-20-6-5-19(15-34(20)16-26(35)36)31-12-2-3-17-13-18(29)4-9-23(17)30/h2-4,9-11,13-14,19-20,31H,5-8,12,15-16H2,1H3,(H,35,36)/b3-2+/t19-,20+/m0/s1. The van der Waals surface area contributed by atoms with Crippen molar-refractivity contribution in [2.45, 2.75) is 37.8 Å². The molecule has 196 valence electrons. The zero-order valence-corrected chi connectivity index (χ0v) is 21.2. The third-order valence-electron chi connectivity index (χ3n) is 6.61. The number of fused-ring (bicyclic) bond motifs is 1. The normalized spacial score (nSPS) is 18.5. The lowest BCUT2D eigenvalue weighted by Crippen LogP contribution is -2.52. The number of ether oxygens (including phenoxy) is 1. The maximum atomic E-state index is 13.8. The van der Waals surface area contributed by atoms with E-state index in [9.17, 15) is 18.7 Å². The smallest absolute Gasteiger partial charge is 0.317 e. The fourth-order valence-corrected chi connectivity index (χ4v) is 5.00. The second-order valence-electron chi connectivity index (χ2n) is 9.07. The Morgan fingerprint density at radius 3 is 2.92 bits per heavy atom. The van der Waals surface area contributed by atoms with E-state index in [2.05, 4.69) is 15.3 Å². The third-order valence-corrected chi connectivity index (χ3v) is 6.94. The summed E-state index contributed by atoms with van der Waals surface area (Å²) in [5, 5.41) is 13.4. The zero-order chi connectivity index (χ0) is 26.4. The van der Waals surface area contributed by atoms with Gasteiger partial charge in [0.2, 0.25) is 5.88 Å². The van der Waals surface area contributed by atoms with Gasteiger partial charge in [0.25, 0.3) is 0 Å². The Kier molecular flexibility index (Phi) is 9.02. The number of nitrogens with one attached hydrogen (secondary N) is 1. The number of aliphatic carboxylic acids is 1. The first kappa shape index (κ1) is 26.9. The highest BCUT2D eigenvalue weighted by Crippen LogP contribution is 2.29. The quantitative estimate of drug-likeness (QED) is 0.392. The second-order valence-corrected chi connectivity index (χ2v) is 9.48. The molecule has 0 saturated carbocycles. The summed E-state index contributed by atoms with van der Waals surface area (Å²) >= 11 is 6.48. The number of halogens is 3. The van der Waals surface area contributed by atoms with Gasteiger partial charge in [-0.3, -0.25) is 14.7 Å². The Hall–Kier alpha value is -3.14. The molecule has 1 aliphatic heterocycles. The lowest BCUT2D eigenvalue weighted by molar-refractivity contribution is -0.139. The number of benzene rings is 1. The van der Waals surface area contributed by atoms with Crippen LogP contribution < -0.4 is 10.1 Å². The molecule has 0 aliphatic carbocycles. The summed E-state index contributed by atoms with van der Waals surface area (Å²) < 4.78 is 32.4. The first-order valence-corrected chi connectivity index (χ1v) is 12.5. The molecule has 2 N–H and O–H groups in total. The van der Waals surface area contributed by atoms with Gasteiger partial charge in [0.15, 0.2) is 0 Å². The molecule has 37 heavy (non-hydrogen) atoms. The molecule has 1 fully saturated rings. The van der Waals surface area contributed by atoms with Crippen LogP contribution in [0.4, 0.5) is 8.78 Å². The molecule has 1 aliphatic rings. The van der Waals surface area contributed by atoms with Crippen LogP contribution in [0.15, 0.2) is 42.6 Å². The monoisotopic (exact) mass is 530 g/mol. The number of hydrogen-bond acceptors (Lipinski definition) is 6. The molecule has 0 amide bonds. The lowest BCUT2D eigenvalue weighted by Gasteiger charge is -2.39. The number of carboxylic acids is 1. The summed E-state index contributed by atoms with van der Waals surface area (Å²) in [6, 6.07) is 7.06. The van der Waals surface area contributed by atoms with Crippen LogP contribution in [0.1, 0.15) is 30.4 Å². The number of rotatable bonds is 10. The first-order valence-electron chi connectivity index (χ1n) is 12.1. The van der Waals surface area contributed by atoms with E-state index in [1.165, 1.54) is 6.08 Å². The summed E-state index contributed by atoms with van der Waals surface area (Å²) in [5.41, 5.74) is 2.47. The maximum absolute atomic E-state index is 13.8. The molecule has 4 rings (SSSR count). The van der Waals surface area contributed by atoms with Crippen molar-refractivity contribution in [3.05, 3.63) is 70.4 Å². The predicted octanol–water partition coefficient (Wildman–Crippen LogP) is 4.72. The van der Waals surface area contributed by atoms with E-state index < -0.39 is 17.6 Å². The first-order chi connectivity index (χ1) is 17.8. The minimum absolute atomic E-state index is 0.0654. The number of aromatic nitrogens is 2. The van der Waals surface area contributed by atoms with E-state index in [1.54, 1.807) is 25.4 Å². The number of nitrogens with zero attached hydrogens (tertiary/aromatic N) is 3. The van der Waals surface area contributed by atoms with Crippen molar-refractivity contribution in [2.24, 2.45) is 0 Å². The number of pyridine rings is 2. The fourth-order valence-electron chi connectivity index (χ4n) is 4.76. The molecule has 0 spiro atoms. The predicted molar refractivity (Wildman–Crippen MR) is 139 cm³/mol. The van der Waals surface area contributed by atoms with Crippen LogP contribution in [0.5, 0.6) is 5.88 Å². The number of aryl methyl sites for hydroxylation is 1. The van der Waals surface area contributed by atoms with E-state index in [0.717, 1.165) is 48.5 Å².